The topological polar surface area (TPSA) is 78.4 Å². The molecule has 1 fully saturated rings. The van der Waals surface area contributed by atoms with Crippen LogP contribution in [-0.2, 0) is 0 Å². The molecule has 104 valence electrons. The molecule has 0 bridgehead atoms. The van der Waals surface area contributed by atoms with E-state index in [1.54, 1.807) is 6.07 Å². The minimum Gasteiger partial charge on any atom is -0.490 e. The third kappa shape index (κ3) is 3.36. The van der Waals surface area contributed by atoms with Crippen molar-refractivity contribution in [2.75, 3.05) is 5.73 Å². The molecule has 0 radical (unpaired) electrons. The number of nitrogen functional groups attached to an aromatic ring is 1. The van der Waals surface area contributed by atoms with Gasteiger partial charge in [0.2, 0.25) is 0 Å². The molecule has 0 spiro atoms. The maximum absolute atomic E-state index is 10.8. The van der Waals surface area contributed by atoms with Crippen LogP contribution in [0.5, 0.6) is 5.75 Å². The number of hydrogen-bond donors (Lipinski definition) is 1. The molecule has 0 aliphatic heterocycles. The van der Waals surface area contributed by atoms with Crippen LogP contribution in [0.25, 0.3) is 0 Å². The van der Waals surface area contributed by atoms with Crippen molar-refractivity contribution in [2.45, 2.75) is 45.1 Å². The fourth-order valence-electron chi connectivity index (χ4n) is 2.61. The molecule has 1 aliphatic rings. The highest BCUT2D eigenvalue weighted by atomic mass is 16.6. The second kappa shape index (κ2) is 5.91. The molecular weight excluding hydrogens is 244 g/mol. The van der Waals surface area contributed by atoms with Gasteiger partial charge < -0.3 is 10.5 Å². The second-order valence-corrected chi connectivity index (χ2v) is 5.15. The van der Waals surface area contributed by atoms with Gasteiger partial charge in [0.15, 0.2) is 0 Å². The van der Waals surface area contributed by atoms with Gasteiger partial charge in [-0.15, -0.1) is 0 Å². The first-order valence-electron chi connectivity index (χ1n) is 6.80. The highest BCUT2D eigenvalue weighted by Crippen LogP contribution is 2.32. The minimum absolute atomic E-state index is 0.0836. The normalized spacial score (nSPS) is 23.0. The Morgan fingerprint density at radius 2 is 2.05 bits per heavy atom. The number of nitro benzene ring substituents is 1. The number of benzene rings is 1. The van der Waals surface area contributed by atoms with Crippen LogP contribution in [0.3, 0.4) is 0 Å². The Labute approximate surface area is 112 Å². The quantitative estimate of drug-likeness (QED) is 0.512. The van der Waals surface area contributed by atoms with Crippen LogP contribution in [0, 0.1) is 16.0 Å². The van der Waals surface area contributed by atoms with Crippen LogP contribution >= 0.6 is 0 Å². The van der Waals surface area contributed by atoms with E-state index in [2.05, 4.69) is 6.92 Å². The SMILES string of the molecule is CCC1CCC(Oc2ccc(N)c([N+](=O)[O-])c2)CC1. The number of nitro groups is 1. The molecule has 2 N–H and O–H groups in total. The maximum atomic E-state index is 10.8. The van der Waals surface area contributed by atoms with E-state index < -0.39 is 4.92 Å². The molecule has 0 atom stereocenters. The van der Waals surface area contributed by atoms with Gasteiger partial charge in [0.05, 0.1) is 17.1 Å². The molecule has 19 heavy (non-hydrogen) atoms. The van der Waals surface area contributed by atoms with Gasteiger partial charge in [0.1, 0.15) is 11.4 Å². The van der Waals surface area contributed by atoms with Gasteiger partial charge in [-0.25, -0.2) is 0 Å². The van der Waals surface area contributed by atoms with Crippen LogP contribution in [0.2, 0.25) is 0 Å². The lowest BCUT2D eigenvalue weighted by Gasteiger charge is -2.28. The fraction of sp³-hybridized carbons (Fsp3) is 0.571. The number of anilines is 1. The van der Waals surface area contributed by atoms with Gasteiger partial charge in [-0.2, -0.15) is 0 Å². The lowest BCUT2D eigenvalue weighted by Crippen LogP contribution is -2.23. The van der Waals surface area contributed by atoms with E-state index in [4.69, 9.17) is 10.5 Å². The number of rotatable bonds is 4. The van der Waals surface area contributed by atoms with Crippen LogP contribution in [0.15, 0.2) is 18.2 Å². The molecule has 0 unspecified atom stereocenters. The Bertz CT molecular complexity index is 454. The largest absolute Gasteiger partial charge is 0.490 e. The summed E-state index contributed by atoms with van der Waals surface area (Å²) in [5.74, 6) is 1.35. The average Bonchev–Trinajstić information content (AvgIpc) is 2.41. The van der Waals surface area contributed by atoms with Crippen molar-refractivity contribution in [1.82, 2.24) is 0 Å². The van der Waals surface area contributed by atoms with Gasteiger partial charge in [0.25, 0.3) is 5.69 Å². The summed E-state index contributed by atoms with van der Waals surface area (Å²) in [5, 5.41) is 10.8. The molecule has 1 aromatic rings. The summed E-state index contributed by atoms with van der Waals surface area (Å²) in [7, 11) is 0. The van der Waals surface area contributed by atoms with Crippen molar-refractivity contribution in [1.29, 1.82) is 0 Å². The van der Waals surface area contributed by atoms with E-state index in [0.717, 1.165) is 18.8 Å². The predicted octanol–water partition coefficient (Wildman–Crippen LogP) is 3.52. The van der Waals surface area contributed by atoms with Crippen molar-refractivity contribution in [2.24, 2.45) is 5.92 Å². The van der Waals surface area contributed by atoms with Crippen molar-refractivity contribution in [3.63, 3.8) is 0 Å². The van der Waals surface area contributed by atoms with Crippen LogP contribution in [-0.4, -0.2) is 11.0 Å². The monoisotopic (exact) mass is 264 g/mol. The lowest BCUT2D eigenvalue weighted by molar-refractivity contribution is -0.384. The van der Waals surface area contributed by atoms with Gasteiger partial charge in [-0.05, 0) is 43.7 Å². The van der Waals surface area contributed by atoms with Crippen molar-refractivity contribution in [3.8, 4) is 5.75 Å². The summed E-state index contributed by atoms with van der Waals surface area (Å²) in [6.45, 7) is 2.22. The van der Waals surface area contributed by atoms with Crippen molar-refractivity contribution >= 4 is 11.4 Å². The van der Waals surface area contributed by atoms with Crippen molar-refractivity contribution in [3.05, 3.63) is 28.3 Å². The minimum atomic E-state index is -0.476. The first-order chi connectivity index (χ1) is 9.10. The van der Waals surface area contributed by atoms with E-state index >= 15 is 0 Å². The molecule has 5 nitrogen and oxygen atoms in total. The summed E-state index contributed by atoms with van der Waals surface area (Å²) < 4.78 is 5.83. The molecule has 0 aromatic heterocycles. The fourth-order valence-corrected chi connectivity index (χ4v) is 2.61. The maximum Gasteiger partial charge on any atom is 0.295 e. The first-order valence-corrected chi connectivity index (χ1v) is 6.80. The molecule has 1 aliphatic carbocycles. The molecule has 0 heterocycles. The standard InChI is InChI=1S/C14H20N2O3/c1-2-10-3-5-11(6-4-10)19-12-7-8-13(15)14(9-12)16(17)18/h7-11H,2-6,15H2,1H3. The molecule has 0 amide bonds. The Morgan fingerprint density at radius 1 is 1.37 bits per heavy atom. The number of hydrogen-bond acceptors (Lipinski definition) is 4. The Hall–Kier alpha value is -1.78. The first kappa shape index (κ1) is 13.6. The Balaban J connectivity index is 2.00. The summed E-state index contributed by atoms with van der Waals surface area (Å²) >= 11 is 0. The zero-order valence-corrected chi connectivity index (χ0v) is 11.2. The molecule has 0 saturated heterocycles. The zero-order chi connectivity index (χ0) is 13.8. The van der Waals surface area contributed by atoms with Crippen LogP contribution in [0.1, 0.15) is 39.0 Å². The van der Waals surface area contributed by atoms with Gasteiger partial charge in [-0.3, -0.25) is 10.1 Å². The van der Waals surface area contributed by atoms with Crippen molar-refractivity contribution < 1.29 is 9.66 Å². The molecule has 5 heteroatoms. The zero-order valence-electron chi connectivity index (χ0n) is 11.2. The summed E-state index contributed by atoms with van der Waals surface area (Å²) in [6.07, 6.45) is 5.80. The third-order valence-electron chi connectivity index (χ3n) is 3.87. The summed E-state index contributed by atoms with van der Waals surface area (Å²) in [4.78, 5) is 10.3. The third-order valence-corrected chi connectivity index (χ3v) is 3.87. The predicted molar refractivity (Wildman–Crippen MR) is 74.2 cm³/mol. The second-order valence-electron chi connectivity index (χ2n) is 5.15. The average molecular weight is 264 g/mol. The van der Waals surface area contributed by atoms with E-state index in [1.807, 2.05) is 0 Å². The van der Waals surface area contributed by atoms with Crippen LogP contribution < -0.4 is 10.5 Å². The van der Waals surface area contributed by atoms with E-state index in [-0.39, 0.29) is 17.5 Å². The molecule has 2 rings (SSSR count). The lowest BCUT2D eigenvalue weighted by atomic mass is 9.86. The Kier molecular flexibility index (Phi) is 4.24. The number of nitrogens with zero attached hydrogens (tertiary/aromatic N) is 1. The summed E-state index contributed by atoms with van der Waals surface area (Å²) in [5.41, 5.74) is 5.65. The Morgan fingerprint density at radius 3 is 2.63 bits per heavy atom. The van der Waals surface area contributed by atoms with Gasteiger partial charge in [0, 0.05) is 0 Å². The molecule has 1 aromatic carbocycles. The molecule has 1 saturated carbocycles. The number of ether oxygens (including phenoxy) is 1. The van der Waals surface area contributed by atoms with E-state index in [9.17, 15) is 10.1 Å². The van der Waals surface area contributed by atoms with Gasteiger partial charge >= 0.3 is 0 Å². The highest BCUT2D eigenvalue weighted by molar-refractivity contribution is 5.60. The van der Waals surface area contributed by atoms with Gasteiger partial charge in [-0.1, -0.05) is 13.3 Å². The van der Waals surface area contributed by atoms with E-state index in [0.29, 0.717) is 5.75 Å². The van der Waals surface area contributed by atoms with E-state index in [1.165, 1.54) is 31.4 Å². The highest BCUT2D eigenvalue weighted by Gasteiger charge is 2.22. The van der Waals surface area contributed by atoms with Crippen LogP contribution in [0.4, 0.5) is 11.4 Å². The molecular formula is C14H20N2O3. The number of nitrogens with two attached hydrogens (primary N) is 1. The smallest absolute Gasteiger partial charge is 0.295 e. The summed E-state index contributed by atoms with van der Waals surface area (Å²) in [6, 6.07) is 4.65.